The van der Waals surface area contributed by atoms with Crippen LogP contribution in [0, 0.1) is 5.41 Å². The molecule has 0 bridgehead atoms. The molecule has 1 saturated heterocycles. The number of benzene rings is 2. The molecule has 0 saturated carbocycles. The molecule has 3 aromatic rings. The quantitative estimate of drug-likeness (QED) is 0.261. The number of carbonyl (C=O) groups is 1. The fourth-order valence-corrected chi connectivity index (χ4v) is 3.82. The highest BCUT2D eigenvalue weighted by atomic mass is 19.4. The molecule has 1 aromatic heterocycles. The Morgan fingerprint density at radius 1 is 1.03 bits per heavy atom. The molecule has 2 heterocycles. The number of nitrogens with two attached hydrogens (primary N) is 1. The number of halogens is 6. The molecular weight excluding hydrogens is 506 g/mol. The van der Waals surface area contributed by atoms with Gasteiger partial charge in [0, 0.05) is 36.2 Å². The fraction of sp³-hybridized carbons (Fsp3) is 0.261. The largest absolute Gasteiger partial charge is 0.435 e. The lowest BCUT2D eigenvalue weighted by atomic mass is 10.1. The number of aromatic nitrogens is 2. The van der Waals surface area contributed by atoms with Gasteiger partial charge in [-0.15, -0.1) is 0 Å². The predicted octanol–water partition coefficient (Wildman–Crippen LogP) is 4.28. The van der Waals surface area contributed by atoms with Gasteiger partial charge in [0.1, 0.15) is 5.84 Å². The Morgan fingerprint density at radius 2 is 1.73 bits per heavy atom. The van der Waals surface area contributed by atoms with E-state index in [4.69, 9.17) is 15.9 Å². The maximum Gasteiger partial charge on any atom is 0.435 e. The molecule has 37 heavy (non-hydrogen) atoms. The first kappa shape index (κ1) is 26.0. The van der Waals surface area contributed by atoms with E-state index in [1.54, 1.807) is 0 Å². The second kappa shape index (κ2) is 9.76. The predicted molar refractivity (Wildman–Crippen MR) is 122 cm³/mol. The molecule has 1 amide bonds. The molecule has 1 fully saturated rings. The highest BCUT2D eigenvalue weighted by Gasteiger charge is 2.40. The SMILES string of the molecule is N=C(N)c1cccc(-n2cc(C(=O)Nc3ccc(N4CCOCC4)c(C(F)(F)F)c3)c(C(F)(F)F)n2)c1. The van der Waals surface area contributed by atoms with Crippen LogP contribution in [0.2, 0.25) is 0 Å². The third kappa shape index (κ3) is 5.69. The molecule has 196 valence electrons. The van der Waals surface area contributed by atoms with Crippen molar-refractivity contribution in [3.8, 4) is 5.69 Å². The number of hydrogen-bond acceptors (Lipinski definition) is 5. The van der Waals surface area contributed by atoms with Crippen molar-refractivity contribution in [1.29, 1.82) is 5.41 Å². The minimum Gasteiger partial charge on any atom is -0.384 e. The molecule has 1 aliphatic rings. The topological polar surface area (TPSA) is 109 Å². The summed E-state index contributed by atoms with van der Waals surface area (Å²) in [7, 11) is 0. The molecule has 4 N–H and O–H groups in total. The van der Waals surface area contributed by atoms with Gasteiger partial charge in [-0.05, 0) is 30.3 Å². The summed E-state index contributed by atoms with van der Waals surface area (Å²) in [6.45, 7) is 0.951. The number of carbonyl (C=O) groups excluding carboxylic acids is 1. The Kier molecular flexibility index (Phi) is 6.86. The molecule has 0 atom stereocenters. The number of amidine groups is 1. The van der Waals surface area contributed by atoms with Gasteiger partial charge in [-0.1, -0.05) is 12.1 Å². The maximum absolute atomic E-state index is 13.8. The first-order valence-corrected chi connectivity index (χ1v) is 10.8. The maximum atomic E-state index is 13.8. The first-order chi connectivity index (χ1) is 17.3. The second-order valence-corrected chi connectivity index (χ2v) is 8.08. The van der Waals surface area contributed by atoms with E-state index in [0.29, 0.717) is 6.07 Å². The number of amides is 1. The molecular formula is C23H20F6N6O2. The number of nitrogen functional groups attached to an aromatic ring is 1. The number of morpholine rings is 1. The number of ether oxygens (including phenoxy) is 1. The Bertz CT molecular complexity index is 1330. The summed E-state index contributed by atoms with van der Waals surface area (Å²) in [6, 6.07) is 8.62. The van der Waals surface area contributed by atoms with E-state index >= 15 is 0 Å². The van der Waals surface area contributed by atoms with Crippen molar-refractivity contribution in [2.45, 2.75) is 12.4 Å². The Hall–Kier alpha value is -4.07. The van der Waals surface area contributed by atoms with Crippen LogP contribution in [0.3, 0.4) is 0 Å². The van der Waals surface area contributed by atoms with E-state index in [2.05, 4.69) is 10.4 Å². The summed E-state index contributed by atoms with van der Waals surface area (Å²) in [5.41, 5.74) is 1.80. The van der Waals surface area contributed by atoms with Crippen LogP contribution in [0.15, 0.2) is 48.7 Å². The monoisotopic (exact) mass is 526 g/mol. The zero-order valence-electron chi connectivity index (χ0n) is 19.0. The van der Waals surface area contributed by atoms with E-state index in [9.17, 15) is 31.1 Å². The number of nitrogens with one attached hydrogen (secondary N) is 2. The van der Waals surface area contributed by atoms with Gasteiger partial charge in [-0.25, -0.2) is 4.68 Å². The van der Waals surface area contributed by atoms with Gasteiger partial charge in [0.05, 0.1) is 30.0 Å². The standard InChI is InChI=1S/C23H20F6N6O2/c24-22(25,26)17-11-14(4-5-18(17)34-6-8-37-9-7-34)32-21(36)16-12-35(33-19(16)23(27,28)29)15-3-1-2-13(10-15)20(30)31/h1-5,10-12H,6-9H2,(H3,30,31)(H,32,36). The van der Waals surface area contributed by atoms with Gasteiger partial charge in [0.15, 0.2) is 5.69 Å². The average molecular weight is 526 g/mol. The van der Waals surface area contributed by atoms with Gasteiger partial charge >= 0.3 is 12.4 Å². The highest BCUT2D eigenvalue weighted by molar-refractivity contribution is 6.05. The smallest absolute Gasteiger partial charge is 0.384 e. The molecule has 1 aliphatic heterocycles. The third-order valence-electron chi connectivity index (χ3n) is 5.56. The molecule has 0 aliphatic carbocycles. The van der Waals surface area contributed by atoms with Crippen LogP contribution in [0.25, 0.3) is 5.69 Å². The van der Waals surface area contributed by atoms with Crippen LogP contribution in [0.1, 0.15) is 27.2 Å². The van der Waals surface area contributed by atoms with Gasteiger partial charge in [0.2, 0.25) is 0 Å². The molecule has 8 nitrogen and oxygen atoms in total. The van der Waals surface area contributed by atoms with Gasteiger partial charge in [0.25, 0.3) is 5.91 Å². The summed E-state index contributed by atoms with van der Waals surface area (Å²) < 4.78 is 88.4. The minimum absolute atomic E-state index is 0.0893. The van der Waals surface area contributed by atoms with E-state index in [1.165, 1.54) is 35.2 Å². The molecule has 2 aromatic carbocycles. The van der Waals surface area contributed by atoms with Crippen molar-refractivity contribution >= 4 is 23.1 Å². The summed E-state index contributed by atoms with van der Waals surface area (Å²) in [4.78, 5) is 14.3. The number of anilines is 2. The molecule has 0 spiro atoms. The number of nitrogens with zero attached hydrogens (tertiary/aromatic N) is 3. The molecule has 14 heteroatoms. The second-order valence-electron chi connectivity index (χ2n) is 8.08. The lowest BCUT2D eigenvalue weighted by Crippen LogP contribution is -2.37. The van der Waals surface area contributed by atoms with Crippen LogP contribution in [0.5, 0.6) is 0 Å². The van der Waals surface area contributed by atoms with Crippen LogP contribution < -0.4 is 16.0 Å². The first-order valence-electron chi connectivity index (χ1n) is 10.8. The van der Waals surface area contributed by atoms with E-state index in [1.807, 2.05) is 0 Å². The van der Waals surface area contributed by atoms with Crippen molar-refractivity contribution in [1.82, 2.24) is 9.78 Å². The van der Waals surface area contributed by atoms with Crippen molar-refractivity contribution < 1.29 is 35.9 Å². The Labute approximate surface area is 206 Å². The number of alkyl halides is 6. The fourth-order valence-electron chi connectivity index (χ4n) is 3.82. The van der Waals surface area contributed by atoms with Crippen molar-refractivity contribution in [3.63, 3.8) is 0 Å². The Balaban J connectivity index is 1.68. The number of hydrogen-bond donors (Lipinski definition) is 3. The highest BCUT2D eigenvalue weighted by Crippen LogP contribution is 2.39. The van der Waals surface area contributed by atoms with Crippen molar-refractivity contribution in [2.24, 2.45) is 5.73 Å². The van der Waals surface area contributed by atoms with E-state index in [-0.39, 0.29) is 54.8 Å². The summed E-state index contributed by atoms with van der Waals surface area (Å²) in [5, 5.41) is 13.1. The average Bonchev–Trinajstić information content (AvgIpc) is 3.31. The summed E-state index contributed by atoms with van der Waals surface area (Å²) in [6.07, 6.45) is -9.00. The van der Waals surface area contributed by atoms with Gasteiger partial charge in [-0.2, -0.15) is 31.4 Å². The van der Waals surface area contributed by atoms with Gasteiger partial charge < -0.3 is 20.7 Å². The van der Waals surface area contributed by atoms with Crippen LogP contribution in [0.4, 0.5) is 37.7 Å². The lowest BCUT2D eigenvalue weighted by Gasteiger charge is -2.31. The normalized spacial score (nSPS) is 14.5. The minimum atomic E-state index is -5.03. The zero-order chi connectivity index (χ0) is 27.0. The van der Waals surface area contributed by atoms with Crippen molar-refractivity contribution in [2.75, 3.05) is 36.5 Å². The van der Waals surface area contributed by atoms with E-state index in [0.717, 1.165) is 16.9 Å². The summed E-state index contributed by atoms with van der Waals surface area (Å²) >= 11 is 0. The lowest BCUT2D eigenvalue weighted by molar-refractivity contribution is -0.141. The summed E-state index contributed by atoms with van der Waals surface area (Å²) in [5.74, 6) is -1.63. The zero-order valence-corrected chi connectivity index (χ0v) is 19.0. The van der Waals surface area contributed by atoms with E-state index < -0.39 is 35.1 Å². The van der Waals surface area contributed by atoms with Crippen LogP contribution >= 0.6 is 0 Å². The number of rotatable bonds is 5. The Morgan fingerprint density at radius 3 is 2.35 bits per heavy atom. The molecule has 4 rings (SSSR count). The van der Waals surface area contributed by atoms with Gasteiger partial charge in [-0.3, -0.25) is 10.2 Å². The molecule has 0 unspecified atom stereocenters. The van der Waals surface area contributed by atoms with Crippen LogP contribution in [-0.4, -0.2) is 47.8 Å². The molecule has 0 radical (unpaired) electrons. The van der Waals surface area contributed by atoms with Crippen molar-refractivity contribution in [3.05, 3.63) is 71.0 Å². The third-order valence-corrected chi connectivity index (χ3v) is 5.56. The van der Waals surface area contributed by atoms with Crippen LogP contribution in [-0.2, 0) is 17.1 Å².